The SMILES string of the molecule is CSCC(C)CNc1ncc([N+](=O)[O-])cc1Cl. The van der Waals surface area contributed by atoms with Gasteiger partial charge in [-0.25, -0.2) is 4.98 Å². The second-order valence-electron chi connectivity index (χ2n) is 3.72. The van der Waals surface area contributed by atoms with Gasteiger partial charge in [0.15, 0.2) is 0 Å². The zero-order chi connectivity index (χ0) is 12.8. The topological polar surface area (TPSA) is 68.1 Å². The molecule has 0 aliphatic carbocycles. The smallest absolute Gasteiger partial charge is 0.289 e. The Morgan fingerprint density at radius 2 is 2.41 bits per heavy atom. The van der Waals surface area contributed by atoms with Crippen molar-refractivity contribution >= 4 is 34.9 Å². The molecule has 0 saturated carbocycles. The molecule has 0 radical (unpaired) electrons. The zero-order valence-electron chi connectivity index (χ0n) is 9.64. The molecule has 7 heteroatoms. The number of nitrogens with zero attached hydrogens (tertiary/aromatic N) is 2. The molecule has 0 fully saturated rings. The minimum absolute atomic E-state index is 0.0993. The summed E-state index contributed by atoms with van der Waals surface area (Å²) in [6.45, 7) is 2.86. The van der Waals surface area contributed by atoms with Crippen molar-refractivity contribution < 1.29 is 4.92 Å². The summed E-state index contributed by atoms with van der Waals surface area (Å²) in [5.74, 6) is 2.01. The quantitative estimate of drug-likeness (QED) is 0.638. The van der Waals surface area contributed by atoms with Crippen LogP contribution < -0.4 is 5.32 Å². The van der Waals surface area contributed by atoms with Gasteiger partial charge in [-0.2, -0.15) is 11.8 Å². The molecule has 0 aromatic carbocycles. The van der Waals surface area contributed by atoms with Crippen molar-refractivity contribution in [1.82, 2.24) is 4.98 Å². The van der Waals surface area contributed by atoms with Gasteiger partial charge in [0.05, 0.1) is 9.95 Å². The first-order chi connectivity index (χ1) is 8.04. The molecule has 94 valence electrons. The summed E-state index contributed by atoms with van der Waals surface area (Å²) in [5, 5.41) is 13.9. The number of thioether (sulfide) groups is 1. The van der Waals surface area contributed by atoms with Gasteiger partial charge in [0.25, 0.3) is 5.69 Å². The van der Waals surface area contributed by atoms with E-state index in [0.29, 0.717) is 11.7 Å². The molecular weight excluding hydrogens is 262 g/mol. The fraction of sp³-hybridized carbons (Fsp3) is 0.500. The molecule has 1 atom stereocenters. The third-order valence-corrected chi connectivity index (χ3v) is 3.30. The van der Waals surface area contributed by atoms with E-state index in [9.17, 15) is 10.1 Å². The molecule has 5 nitrogen and oxygen atoms in total. The number of nitro groups is 1. The maximum absolute atomic E-state index is 10.5. The van der Waals surface area contributed by atoms with Crippen molar-refractivity contribution in [2.24, 2.45) is 5.92 Å². The highest BCUT2D eigenvalue weighted by atomic mass is 35.5. The summed E-state index contributed by atoms with van der Waals surface area (Å²) in [6, 6.07) is 1.30. The van der Waals surface area contributed by atoms with Crippen molar-refractivity contribution in [2.75, 3.05) is 23.9 Å². The maximum Gasteiger partial charge on any atom is 0.289 e. The highest BCUT2D eigenvalue weighted by Crippen LogP contribution is 2.24. The van der Waals surface area contributed by atoms with Crippen molar-refractivity contribution in [2.45, 2.75) is 6.92 Å². The van der Waals surface area contributed by atoms with Crippen molar-refractivity contribution in [3.63, 3.8) is 0 Å². The summed E-state index contributed by atoms with van der Waals surface area (Å²) in [7, 11) is 0. The van der Waals surface area contributed by atoms with E-state index in [2.05, 4.69) is 17.2 Å². The molecule has 0 saturated heterocycles. The molecule has 1 N–H and O–H groups in total. The Hall–Kier alpha value is -1.01. The van der Waals surface area contributed by atoms with Gasteiger partial charge in [0, 0.05) is 12.6 Å². The van der Waals surface area contributed by atoms with E-state index in [1.807, 2.05) is 6.26 Å². The van der Waals surface area contributed by atoms with Crippen LogP contribution in [0.5, 0.6) is 0 Å². The third kappa shape index (κ3) is 4.40. The predicted octanol–water partition coefficient (Wildman–Crippen LogP) is 3.05. The monoisotopic (exact) mass is 275 g/mol. The number of nitrogens with one attached hydrogen (secondary N) is 1. The number of hydrogen-bond acceptors (Lipinski definition) is 5. The number of aromatic nitrogens is 1. The van der Waals surface area contributed by atoms with Gasteiger partial charge < -0.3 is 5.32 Å². The van der Waals surface area contributed by atoms with E-state index in [1.54, 1.807) is 11.8 Å². The summed E-state index contributed by atoms with van der Waals surface area (Å²) < 4.78 is 0. The van der Waals surface area contributed by atoms with Gasteiger partial charge >= 0.3 is 0 Å². The van der Waals surface area contributed by atoms with E-state index in [4.69, 9.17) is 11.6 Å². The first kappa shape index (κ1) is 14.1. The Kier molecular flexibility index (Phi) is 5.50. The number of hydrogen-bond donors (Lipinski definition) is 1. The number of halogens is 1. The van der Waals surface area contributed by atoms with Crippen LogP contribution in [0.3, 0.4) is 0 Å². The Balaban J connectivity index is 2.63. The lowest BCUT2D eigenvalue weighted by atomic mass is 10.2. The molecule has 0 aliphatic rings. The Bertz CT molecular complexity index is 403. The van der Waals surface area contributed by atoms with Crippen molar-refractivity contribution in [3.8, 4) is 0 Å². The Morgan fingerprint density at radius 3 is 2.94 bits per heavy atom. The van der Waals surface area contributed by atoms with Crippen LogP contribution in [0.1, 0.15) is 6.92 Å². The zero-order valence-corrected chi connectivity index (χ0v) is 11.2. The van der Waals surface area contributed by atoms with Gasteiger partial charge in [0.1, 0.15) is 12.0 Å². The first-order valence-electron chi connectivity index (χ1n) is 5.07. The van der Waals surface area contributed by atoms with Crippen LogP contribution in [0.15, 0.2) is 12.3 Å². The van der Waals surface area contributed by atoms with Crippen LogP contribution in [0.2, 0.25) is 5.02 Å². The molecule has 1 heterocycles. The van der Waals surface area contributed by atoms with Crippen molar-refractivity contribution in [1.29, 1.82) is 0 Å². The first-order valence-corrected chi connectivity index (χ1v) is 6.84. The van der Waals surface area contributed by atoms with Crippen LogP contribution in [-0.2, 0) is 0 Å². The lowest BCUT2D eigenvalue weighted by Gasteiger charge is -2.12. The number of pyridine rings is 1. The maximum atomic E-state index is 10.5. The second kappa shape index (κ2) is 6.66. The van der Waals surface area contributed by atoms with Gasteiger partial charge in [-0.3, -0.25) is 10.1 Å². The predicted molar refractivity (Wildman–Crippen MR) is 71.9 cm³/mol. The summed E-state index contributed by atoms with van der Waals surface area (Å²) >= 11 is 7.67. The van der Waals surface area contributed by atoms with Gasteiger partial charge in [-0.05, 0) is 17.9 Å². The largest absolute Gasteiger partial charge is 0.369 e. The molecule has 0 amide bonds. The fourth-order valence-electron chi connectivity index (χ4n) is 1.27. The summed E-state index contributed by atoms with van der Waals surface area (Å²) in [5.41, 5.74) is -0.0993. The minimum atomic E-state index is -0.515. The molecular formula is C10H14ClN3O2S. The van der Waals surface area contributed by atoms with E-state index < -0.39 is 4.92 Å². The number of anilines is 1. The molecule has 1 aromatic heterocycles. The average Bonchev–Trinajstić information content (AvgIpc) is 2.27. The molecule has 0 bridgehead atoms. The molecule has 0 aliphatic heterocycles. The average molecular weight is 276 g/mol. The van der Waals surface area contributed by atoms with Crippen LogP contribution in [-0.4, -0.2) is 28.5 Å². The number of rotatable bonds is 6. The van der Waals surface area contributed by atoms with E-state index in [-0.39, 0.29) is 10.7 Å². The molecule has 17 heavy (non-hydrogen) atoms. The molecule has 0 spiro atoms. The van der Waals surface area contributed by atoms with Crippen LogP contribution in [0.25, 0.3) is 0 Å². The van der Waals surface area contributed by atoms with Crippen LogP contribution >= 0.6 is 23.4 Å². The molecule has 1 aromatic rings. The molecule has 1 unspecified atom stereocenters. The third-order valence-electron chi connectivity index (χ3n) is 2.11. The minimum Gasteiger partial charge on any atom is -0.369 e. The van der Waals surface area contributed by atoms with E-state index >= 15 is 0 Å². The highest BCUT2D eigenvalue weighted by Gasteiger charge is 2.11. The highest BCUT2D eigenvalue weighted by molar-refractivity contribution is 7.98. The fourth-order valence-corrected chi connectivity index (χ4v) is 2.19. The standard InChI is InChI=1S/C10H14ClN3O2S/c1-7(6-17-2)4-12-10-9(11)3-8(5-13-10)14(15)16/h3,5,7H,4,6H2,1-2H3,(H,12,13). The normalized spacial score (nSPS) is 12.2. The second-order valence-corrected chi connectivity index (χ2v) is 5.04. The van der Waals surface area contributed by atoms with Gasteiger partial charge in [-0.15, -0.1) is 0 Å². The van der Waals surface area contributed by atoms with Crippen LogP contribution in [0.4, 0.5) is 11.5 Å². The van der Waals surface area contributed by atoms with Gasteiger partial charge in [-0.1, -0.05) is 18.5 Å². The summed E-state index contributed by atoms with van der Waals surface area (Å²) in [6.07, 6.45) is 3.25. The van der Waals surface area contributed by atoms with Crippen LogP contribution in [0, 0.1) is 16.0 Å². The van der Waals surface area contributed by atoms with Gasteiger partial charge in [0.2, 0.25) is 0 Å². The Morgan fingerprint density at radius 1 is 1.71 bits per heavy atom. The molecule has 1 rings (SSSR count). The van der Waals surface area contributed by atoms with E-state index in [0.717, 1.165) is 12.3 Å². The Labute approximate surface area is 109 Å². The van der Waals surface area contributed by atoms with E-state index in [1.165, 1.54) is 12.3 Å². The summed E-state index contributed by atoms with van der Waals surface area (Å²) in [4.78, 5) is 13.9. The lowest BCUT2D eigenvalue weighted by Crippen LogP contribution is -2.14. The van der Waals surface area contributed by atoms with Crippen molar-refractivity contribution in [3.05, 3.63) is 27.4 Å². The lowest BCUT2D eigenvalue weighted by molar-refractivity contribution is -0.385.